The van der Waals surface area contributed by atoms with Gasteiger partial charge in [-0.25, -0.2) is 4.79 Å². The van der Waals surface area contributed by atoms with Crippen LogP contribution in [0.2, 0.25) is 0 Å². The number of rotatable bonds is 1. The number of hydrogen-bond donors (Lipinski definition) is 4. The van der Waals surface area contributed by atoms with Crippen molar-refractivity contribution < 1.29 is 9.90 Å². The van der Waals surface area contributed by atoms with Crippen molar-refractivity contribution in [2.75, 3.05) is 13.1 Å². The minimum Gasteiger partial charge on any atom is -0.465 e. The Kier molecular flexibility index (Phi) is 4.72. The molecule has 0 spiro atoms. The van der Waals surface area contributed by atoms with Gasteiger partial charge < -0.3 is 21.5 Å². The van der Waals surface area contributed by atoms with Crippen LogP contribution in [0.5, 0.6) is 0 Å². The van der Waals surface area contributed by atoms with E-state index in [2.05, 4.69) is 37.1 Å². The molecular weight excluding hydrogens is 170 g/mol. The van der Waals surface area contributed by atoms with Crippen LogP contribution in [0.4, 0.5) is 4.79 Å². The predicted molar refractivity (Wildman–Crippen MR) is 51.8 cm³/mol. The molecule has 1 aliphatic rings. The molecule has 5 heteroatoms. The largest absolute Gasteiger partial charge is 0.465 e. The maximum atomic E-state index is 8.78. The van der Waals surface area contributed by atoms with Crippen LogP contribution < -0.4 is 16.4 Å². The Bertz CT molecular complexity index is 157. The molecule has 0 unspecified atom stereocenters. The number of carbonyl (C=O) groups is 1. The van der Waals surface area contributed by atoms with E-state index in [-0.39, 0.29) is 5.54 Å². The lowest BCUT2D eigenvalue weighted by atomic mass is 10.0. The first-order valence-corrected chi connectivity index (χ1v) is 4.28. The number of primary amides is 1. The van der Waals surface area contributed by atoms with Gasteiger partial charge in [0.15, 0.2) is 0 Å². The highest BCUT2D eigenvalue weighted by Gasteiger charge is 2.21. The molecule has 0 bridgehead atoms. The van der Waals surface area contributed by atoms with Crippen LogP contribution in [0, 0.1) is 0 Å². The van der Waals surface area contributed by atoms with Crippen LogP contribution in [0.1, 0.15) is 20.8 Å². The van der Waals surface area contributed by atoms with Gasteiger partial charge in [-0.05, 0) is 20.8 Å². The van der Waals surface area contributed by atoms with E-state index in [1.54, 1.807) is 0 Å². The molecule has 13 heavy (non-hydrogen) atoms. The topological polar surface area (TPSA) is 87.4 Å². The highest BCUT2D eigenvalue weighted by Crippen LogP contribution is 2.03. The first-order valence-electron chi connectivity index (χ1n) is 4.28. The van der Waals surface area contributed by atoms with Crippen LogP contribution in [-0.2, 0) is 0 Å². The lowest BCUT2D eigenvalue weighted by molar-refractivity contribution is 0.205. The van der Waals surface area contributed by atoms with Crippen molar-refractivity contribution in [1.82, 2.24) is 10.6 Å². The number of carboxylic acid groups (broad SMARTS) is 1. The zero-order valence-corrected chi connectivity index (χ0v) is 8.42. The van der Waals surface area contributed by atoms with E-state index in [9.17, 15) is 0 Å². The Morgan fingerprint density at radius 3 is 2.00 bits per heavy atom. The molecule has 5 nitrogen and oxygen atoms in total. The van der Waals surface area contributed by atoms with Gasteiger partial charge in [0.25, 0.3) is 0 Å². The second-order valence-corrected chi connectivity index (χ2v) is 4.09. The summed E-state index contributed by atoms with van der Waals surface area (Å²) in [7, 11) is 0. The Labute approximate surface area is 78.7 Å². The normalized spacial score (nSPS) is 16.8. The minimum atomic E-state index is -1.33. The smallest absolute Gasteiger partial charge is 0.402 e. The molecule has 1 aliphatic heterocycles. The molecule has 0 aromatic heterocycles. The monoisotopic (exact) mass is 189 g/mol. The minimum absolute atomic E-state index is 0.284. The fourth-order valence-corrected chi connectivity index (χ4v) is 1.00. The van der Waals surface area contributed by atoms with E-state index in [1.807, 2.05) is 0 Å². The van der Waals surface area contributed by atoms with E-state index >= 15 is 0 Å². The fraction of sp³-hybridized carbons (Fsp3) is 0.875. The Balaban J connectivity index is 0.000000310. The Morgan fingerprint density at radius 1 is 1.54 bits per heavy atom. The molecule has 0 aliphatic carbocycles. The Morgan fingerprint density at radius 2 is 1.92 bits per heavy atom. The van der Waals surface area contributed by atoms with E-state index in [0.29, 0.717) is 6.04 Å². The summed E-state index contributed by atoms with van der Waals surface area (Å²) in [5, 5.41) is 13.9. The van der Waals surface area contributed by atoms with Crippen molar-refractivity contribution in [3.05, 3.63) is 0 Å². The molecule has 1 heterocycles. The van der Waals surface area contributed by atoms with Gasteiger partial charge in [0, 0.05) is 24.7 Å². The van der Waals surface area contributed by atoms with Gasteiger partial charge in [-0.15, -0.1) is 0 Å². The zero-order chi connectivity index (χ0) is 10.5. The molecule has 1 rings (SSSR count). The lowest BCUT2D eigenvalue weighted by Crippen LogP contribution is -2.60. The third-order valence-corrected chi connectivity index (χ3v) is 1.42. The molecule has 0 aromatic carbocycles. The van der Waals surface area contributed by atoms with Crippen LogP contribution in [0.15, 0.2) is 0 Å². The van der Waals surface area contributed by atoms with Gasteiger partial charge in [-0.1, -0.05) is 0 Å². The van der Waals surface area contributed by atoms with Crippen molar-refractivity contribution in [2.45, 2.75) is 32.4 Å². The summed E-state index contributed by atoms with van der Waals surface area (Å²) in [6.45, 7) is 8.87. The maximum Gasteiger partial charge on any atom is 0.402 e. The van der Waals surface area contributed by atoms with Crippen molar-refractivity contribution in [2.24, 2.45) is 5.73 Å². The summed E-state index contributed by atoms with van der Waals surface area (Å²) in [4.78, 5) is 8.78. The fourth-order valence-electron chi connectivity index (χ4n) is 1.00. The molecule has 0 aromatic rings. The maximum absolute atomic E-state index is 8.78. The lowest BCUT2D eigenvalue weighted by Gasteiger charge is -2.34. The van der Waals surface area contributed by atoms with Gasteiger partial charge in [-0.2, -0.15) is 0 Å². The van der Waals surface area contributed by atoms with E-state index < -0.39 is 6.09 Å². The van der Waals surface area contributed by atoms with Crippen molar-refractivity contribution in [3.63, 3.8) is 0 Å². The number of hydrogen-bond acceptors (Lipinski definition) is 3. The number of amides is 1. The van der Waals surface area contributed by atoms with Crippen molar-refractivity contribution in [1.29, 1.82) is 0 Å². The highest BCUT2D eigenvalue weighted by atomic mass is 16.4. The summed E-state index contributed by atoms with van der Waals surface area (Å²) in [5.74, 6) is 0. The summed E-state index contributed by atoms with van der Waals surface area (Å²) >= 11 is 0. The van der Waals surface area contributed by atoms with Crippen molar-refractivity contribution >= 4 is 6.09 Å². The SMILES string of the molecule is CC(C)(C)NC1CNC1.NC(=O)O. The summed E-state index contributed by atoms with van der Waals surface area (Å²) in [6, 6.07) is 0.713. The standard InChI is InChI=1S/C7H16N2.CH3NO2/c1-7(2,3)9-6-4-8-5-6;2-1(3)4/h6,8-9H,4-5H2,1-3H3;2H2,(H,3,4). The van der Waals surface area contributed by atoms with E-state index in [0.717, 1.165) is 13.1 Å². The van der Waals surface area contributed by atoms with Gasteiger partial charge >= 0.3 is 6.09 Å². The Hall–Kier alpha value is -0.810. The first-order chi connectivity index (χ1) is 5.81. The molecule has 0 atom stereocenters. The van der Waals surface area contributed by atoms with Gasteiger partial charge in [0.2, 0.25) is 0 Å². The van der Waals surface area contributed by atoms with E-state index in [1.165, 1.54) is 0 Å². The van der Waals surface area contributed by atoms with E-state index in [4.69, 9.17) is 9.90 Å². The highest BCUT2D eigenvalue weighted by molar-refractivity contribution is 5.61. The molecule has 78 valence electrons. The molecule has 0 saturated carbocycles. The second-order valence-electron chi connectivity index (χ2n) is 4.09. The van der Waals surface area contributed by atoms with Gasteiger partial charge in [0.05, 0.1) is 0 Å². The first kappa shape index (κ1) is 12.2. The average Bonchev–Trinajstić information content (AvgIpc) is 1.75. The molecule has 1 saturated heterocycles. The van der Waals surface area contributed by atoms with Gasteiger partial charge in [-0.3, -0.25) is 0 Å². The molecule has 0 radical (unpaired) electrons. The van der Waals surface area contributed by atoms with Crippen LogP contribution in [-0.4, -0.2) is 35.9 Å². The molecular formula is C8H19N3O2. The third-order valence-electron chi connectivity index (χ3n) is 1.42. The predicted octanol–water partition coefficient (Wildman–Crippen LogP) is -0.0306. The van der Waals surface area contributed by atoms with Crippen molar-refractivity contribution in [3.8, 4) is 0 Å². The number of nitrogens with two attached hydrogens (primary N) is 1. The van der Waals surface area contributed by atoms with Gasteiger partial charge in [0.1, 0.15) is 0 Å². The quantitative estimate of drug-likeness (QED) is 0.466. The summed E-state index contributed by atoms with van der Waals surface area (Å²) < 4.78 is 0. The number of nitrogens with one attached hydrogen (secondary N) is 2. The molecule has 1 fully saturated rings. The zero-order valence-electron chi connectivity index (χ0n) is 8.42. The molecule has 1 amide bonds. The third kappa shape index (κ3) is 9.10. The summed E-state index contributed by atoms with van der Waals surface area (Å²) in [5.41, 5.74) is 4.31. The van der Waals surface area contributed by atoms with Crippen LogP contribution in [0.3, 0.4) is 0 Å². The second kappa shape index (κ2) is 5.04. The molecule has 5 N–H and O–H groups in total. The van der Waals surface area contributed by atoms with Crippen LogP contribution in [0.25, 0.3) is 0 Å². The average molecular weight is 189 g/mol. The van der Waals surface area contributed by atoms with Crippen LogP contribution >= 0.6 is 0 Å². The summed E-state index contributed by atoms with van der Waals surface area (Å²) in [6.07, 6.45) is -1.33.